The van der Waals surface area contributed by atoms with Gasteiger partial charge in [0.05, 0.1) is 6.07 Å². The summed E-state index contributed by atoms with van der Waals surface area (Å²) in [6.07, 6.45) is 7.67. The Hall–Kier alpha value is -3.08. The molecule has 7 heteroatoms. The van der Waals surface area contributed by atoms with Gasteiger partial charge in [0.2, 0.25) is 0 Å². The van der Waals surface area contributed by atoms with Crippen LogP contribution >= 0.6 is 11.8 Å². The van der Waals surface area contributed by atoms with Crippen LogP contribution in [0.5, 0.6) is 0 Å². The number of rotatable bonds is 7. The van der Waals surface area contributed by atoms with Gasteiger partial charge in [-0.3, -0.25) is 0 Å². The lowest BCUT2D eigenvalue weighted by Crippen LogP contribution is -2.33. The van der Waals surface area contributed by atoms with Gasteiger partial charge in [-0.05, 0) is 68.7 Å². The average Bonchev–Trinajstić information content (AvgIpc) is 2.82. The van der Waals surface area contributed by atoms with Gasteiger partial charge < -0.3 is 15.1 Å². The summed E-state index contributed by atoms with van der Waals surface area (Å²) in [4.78, 5) is 14.9. The van der Waals surface area contributed by atoms with Crippen molar-refractivity contribution in [2.24, 2.45) is 5.92 Å². The molecule has 4 rings (SSSR count). The van der Waals surface area contributed by atoms with Crippen LogP contribution in [0.1, 0.15) is 12.8 Å². The monoisotopic (exact) mass is 444 g/mol. The molecule has 164 valence electrons. The molecule has 0 aliphatic carbocycles. The highest BCUT2D eigenvalue weighted by atomic mass is 32.2. The highest BCUT2D eigenvalue weighted by Gasteiger charge is 2.21. The summed E-state index contributed by atoms with van der Waals surface area (Å²) in [5.74, 6) is 1.93. The van der Waals surface area contributed by atoms with Gasteiger partial charge in [-0.25, -0.2) is 9.97 Å². The molecule has 1 aromatic carbocycles. The number of piperidine rings is 1. The molecule has 1 N–H and O–H groups in total. The van der Waals surface area contributed by atoms with Crippen LogP contribution in [0.4, 0.5) is 17.3 Å². The zero-order valence-corrected chi connectivity index (χ0v) is 19.3. The standard InChI is InChI=1S/C25H28N6S/c1-30(2)12-3-15-32-22-6-4-21(5-7-22)29-24-16-23-20(18-28-24)8-11-27-25(23)31-13-9-19(17-26)10-14-31/h3-8,11,15-16,18-19H,9-10,12-14H2,1-2H3,(H,28,29)/b15-3+. The van der Waals surface area contributed by atoms with E-state index in [1.54, 1.807) is 11.8 Å². The van der Waals surface area contributed by atoms with Crippen LogP contribution in [0.25, 0.3) is 10.8 Å². The third-order valence-electron chi connectivity index (χ3n) is 5.50. The van der Waals surface area contributed by atoms with Crippen LogP contribution in [-0.2, 0) is 0 Å². The van der Waals surface area contributed by atoms with Crippen molar-refractivity contribution in [3.8, 4) is 6.07 Å². The molecule has 1 aliphatic heterocycles. The molecule has 3 heterocycles. The SMILES string of the molecule is CN(C)C/C=C/Sc1ccc(Nc2cc3c(N4CCC(C#N)CC4)nccc3cn2)cc1. The van der Waals surface area contributed by atoms with Crippen molar-refractivity contribution >= 4 is 39.9 Å². The van der Waals surface area contributed by atoms with Gasteiger partial charge >= 0.3 is 0 Å². The van der Waals surface area contributed by atoms with Crippen molar-refractivity contribution < 1.29 is 0 Å². The van der Waals surface area contributed by atoms with Crippen molar-refractivity contribution in [3.05, 3.63) is 60.3 Å². The maximum atomic E-state index is 9.18. The number of hydrogen-bond donors (Lipinski definition) is 1. The number of pyridine rings is 2. The highest BCUT2D eigenvalue weighted by Crippen LogP contribution is 2.30. The largest absolute Gasteiger partial charge is 0.356 e. The van der Waals surface area contributed by atoms with E-state index < -0.39 is 0 Å². The minimum atomic E-state index is 0.157. The van der Waals surface area contributed by atoms with Gasteiger partial charge in [-0.2, -0.15) is 5.26 Å². The lowest BCUT2D eigenvalue weighted by molar-refractivity contribution is 0.457. The van der Waals surface area contributed by atoms with Crippen molar-refractivity contribution in [2.75, 3.05) is 43.9 Å². The maximum Gasteiger partial charge on any atom is 0.136 e. The van der Waals surface area contributed by atoms with E-state index in [0.717, 1.165) is 60.6 Å². The van der Waals surface area contributed by atoms with Crippen molar-refractivity contribution in [3.63, 3.8) is 0 Å². The van der Waals surface area contributed by atoms with E-state index in [9.17, 15) is 5.26 Å². The number of nitriles is 1. The quantitative estimate of drug-likeness (QED) is 0.497. The van der Waals surface area contributed by atoms with E-state index in [4.69, 9.17) is 0 Å². The Labute approximate surface area is 194 Å². The highest BCUT2D eigenvalue weighted by molar-refractivity contribution is 8.02. The minimum absolute atomic E-state index is 0.157. The summed E-state index contributed by atoms with van der Waals surface area (Å²) in [5.41, 5.74) is 0.999. The maximum absolute atomic E-state index is 9.18. The summed E-state index contributed by atoms with van der Waals surface area (Å²) >= 11 is 1.71. The Kier molecular flexibility index (Phi) is 7.25. The number of benzene rings is 1. The summed E-state index contributed by atoms with van der Waals surface area (Å²) < 4.78 is 0. The molecule has 1 aliphatic rings. The second-order valence-electron chi connectivity index (χ2n) is 8.22. The molecule has 0 radical (unpaired) electrons. The van der Waals surface area contributed by atoms with Crippen LogP contribution in [0.15, 0.2) is 65.2 Å². The third kappa shape index (κ3) is 5.58. The van der Waals surface area contributed by atoms with Crippen molar-refractivity contribution in [1.82, 2.24) is 14.9 Å². The summed E-state index contributed by atoms with van der Waals surface area (Å²) in [6, 6.07) is 14.8. The minimum Gasteiger partial charge on any atom is -0.356 e. The molecule has 3 aromatic rings. The molecule has 1 saturated heterocycles. The number of thioether (sulfide) groups is 1. The lowest BCUT2D eigenvalue weighted by atomic mass is 9.98. The zero-order chi connectivity index (χ0) is 22.3. The normalized spacial score (nSPS) is 14.9. The summed E-state index contributed by atoms with van der Waals surface area (Å²) in [6.45, 7) is 2.66. The van der Waals surface area contributed by atoms with Gasteiger partial charge in [-0.1, -0.05) is 17.8 Å². The fraction of sp³-hybridized carbons (Fsp3) is 0.320. The van der Waals surface area contributed by atoms with E-state index in [1.165, 1.54) is 4.90 Å². The van der Waals surface area contributed by atoms with Gasteiger partial charge in [0.15, 0.2) is 0 Å². The Morgan fingerprint density at radius 3 is 2.69 bits per heavy atom. The average molecular weight is 445 g/mol. The van der Waals surface area contributed by atoms with E-state index >= 15 is 0 Å². The zero-order valence-electron chi connectivity index (χ0n) is 18.5. The summed E-state index contributed by atoms with van der Waals surface area (Å²) in [7, 11) is 4.12. The van der Waals surface area contributed by atoms with Crippen LogP contribution in [-0.4, -0.2) is 48.6 Å². The van der Waals surface area contributed by atoms with Gasteiger partial charge in [-0.15, -0.1) is 0 Å². The number of anilines is 3. The third-order valence-corrected chi connectivity index (χ3v) is 6.37. The molecule has 1 fully saturated rings. The molecule has 0 spiro atoms. The van der Waals surface area contributed by atoms with Crippen LogP contribution in [0, 0.1) is 17.2 Å². The Bertz CT molecular complexity index is 1110. The molecule has 2 aromatic heterocycles. The van der Waals surface area contributed by atoms with Crippen molar-refractivity contribution in [1.29, 1.82) is 5.26 Å². The molecule has 32 heavy (non-hydrogen) atoms. The van der Waals surface area contributed by atoms with Crippen molar-refractivity contribution in [2.45, 2.75) is 17.7 Å². The first kappa shape index (κ1) is 22.1. The van der Waals surface area contributed by atoms with Gasteiger partial charge in [0.25, 0.3) is 0 Å². The molecule has 0 saturated carbocycles. The number of fused-ring (bicyclic) bond motifs is 1. The van der Waals surface area contributed by atoms with Crippen LogP contribution < -0.4 is 10.2 Å². The lowest BCUT2D eigenvalue weighted by Gasteiger charge is -2.30. The molecule has 0 bridgehead atoms. The second kappa shape index (κ2) is 10.5. The molecule has 0 atom stereocenters. The molecule has 0 unspecified atom stereocenters. The van der Waals surface area contributed by atoms with Gasteiger partial charge in [0.1, 0.15) is 11.6 Å². The fourth-order valence-corrected chi connectivity index (χ4v) is 4.37. The smallest absolute Gasteiger partial charge is 0.136 e. The number of nitrogens with one attached hydrogen (secondary N) is 1. The number of likely N-dealkylation sites (N-methyl/N-ethyl adjacent to an activating group) is 1. The Morgan fingerprint density at radius 2 is 1.97 bits per heavy atom. The predicted molar refractivity (Wildman–Crippen MR) is 133 cm³/mol. The van der Waals surface area contributed by atoms with Gasteiger partial charge in [0, 0.05) is 59.3 Å². The van der Waals surface area contributed by atoms with Crippen LogP contribution in [0.2, 0.25) is 0 Å². The topological polar surface area (TPSA) is 68.1 Å². The number of nitrogens with zero attached hydrogens (tertiary/aromatic N) is 5. The number of aromatic nitrogens is 2. The molecule has 6 nitrogen and oxygen atoms in total. The Balaban J connectivity index is 1.47. The fourth-order valence-electron chi connectivity index (χ4n) is 3.74. The van der Waals surface area contributed by atoms with Crippen LogP contribution in [0.3, 0.4) is 0 Å². The summed E-state index contributed by atoms with van der Waals surface area (Å²) in [5, 5.41) is 16.9. The Morgan fingerprint density at radius 1 is 1.19 bits per heavy atom. The van der Waals surface area contributed by atoms with E-state index in [-0.39, 0.29) is 5.92 Å². The first-order valence-electron chi connectivity index (χ1n) is 10.8. The predicted octanol–water partition coefficient (Wildman–Crippen LogP) is 5.28. The van der Waals surface area contributed by atoms with E-state index in [1.807, 2.05) is 18.5 Å². The molecular formula is C25H28N6S. The molecular weight excluding hydrogens is 416 g/mol. The first-order chi connectivity index (χ1) is 15.6. The second-order valence-corrected chi connectivity index (χ2v) is 9.20. The van der Waals surface area contributed by atoms with E-state index in [0.29, 0.717) is 0 Å². The first-order valence-corrected chi connectivity index (χ1v) is 11.7. The van der Waals surface area contributed by atoms with E-state index in [2.05, 4.69) is 87.1 Å². The molecule has 0 amide bonds. The number of hydrogen-bond acceptors (Lipinski definition) is 7.